The number of rotatable bonds is 7. The van der Waals surface area contributed by atoms with E-state index in [1.807, 2.05) is 23.0 Å². The van der Waals surface area contributed by atoms with Gasteiger partial charge in [-0.1, -0.05) is 6.07 Å². The molecule has 0 spiro atoms. The van der Waals surface area contributed by atoms with Crippen LogP contribution in [0.3, 0.4) is 0 Å². The molecule has 3 fully saturated rings. The number of amides is 1. The summed E-state index contributed by atoms with van der Waals surface area (Å²) in [4.78, 5) is 13.0. The predicted molar refractivity (Wildman–Crippen MR) is 114 cm³/mol. The summed E-state index contributed by atoms with van der Waals surface area (Å²) in [6.07, 6.45) is 5.36. The molecule has 0 saturated heterocycles. The number of halogens is 2. The van der Waals surface area contributed by atoms with Crippen LogP contribution in [0.5, 0.6) is 0 Å². The first-order valence-electron chi connectivity index (χ1n) is 10.5. The van der Waals surface area contributed by atoms with E-state index in [9.17, 15) is 18.8 Å². The Hall–Kier alpha value is -3.60. The van der Waals surface area contributed by atoms with E-state index in [4.69, 9.17) is 5.41 Å². The molecule has 1 aromatic heterocycles. The number of benzene rings is 2. The number of nitrogens with zero attached hydrogens (tertiary/aromatic N) is 3. The summed E-state index contributed by atoms with van der Waals surface area (Å²) < 4.78 is 29.1. The maximum atomic E-state index is 13.6. The van der Waals surface area contributed by atoms with Crippen molar-refractivity contribution in [3.63, 3.8) is 0 Å². The number of nitrogens with one attached hydrogen (secondary N) is 2. The average Bonchev–Trinajstić information content (AvgIpc) is 3.11. The van der Waals surface area contributed by atoms with Crippen molar-refractivity contribution < 1.29 is 13.6 Å². The van der Waals surface area contributed by atoms with Gasteiger partial charge in [-0.3, -0.25) is 9.48 Å². The van der Waals surface area contributed by atoms with Crippen LogP contribution in [0.15, 0.2) is 42.6 Å². The molecule has 8 heteroatoms. The second kappa shape index (κ2) is 7.23. The van der Waals surface area contributed by atoms with Gasteiger partial charge in [-0.25, -0.2) is 8.78 Å². The molecule has 1 unspecified atom stereocenters. The molecule has 2 bridgehead atoms. The summed E-state index contributed by atoms with van der Waals surface area (Å²) in [5, 5.41) is 25.0. The highest BCUT2D eigenvalue weighted by atomic mass is 19.1. The van der Waals surface area contributed by atoms with Crippen LogP contribution in [-0.2, 0) is 11.3 Å². The SMILES string of the molecule is N#Cc1cccc2nn(CC34CC(C(=O)NC(CC=N)c5cc(F)cc(F)c5)(C3)C4)cc12. The normalized spacial score (nSPS) is 24.2. The average molecular weight is 433 g/mol. The van der Waals surface area contributed by atoms with E-state index in [-0.39, 0.29) is 17.7 Å². The Bertz CT molecular complexity index is 1250. The van der Waals surface area contributed by atoms with E-state index in [1.165, 1.54) is 12.1 Å². The summed E-state index contributed by atoms with van der Waals surface area (Å²) in [6, 6.07) is 10.2. The molecule has 0 aliphatic heterocycles. The summed E-state index contributed by atoms with van der Waals surface area (Å²) in [7, 11) is 0. The lowest BCUT2D eigenvalue weighted by molar-refractivity contribution is -0.214. The van der Waals surface area contributed by atoms with Gasteiger partial charge in [-0.2, -0.15) is 10.4 Å². The highest BCUT2D eigenvalue weighted by Crippen LogP contribution is 2.74. The minimum Gasteiger partial charge on any atom is -0.348 e. The van der Waals surface area contributed by atoms with Crippen molar-refractivity contribution in [3.05, 3.63) is 65.4 Å². The molecule has 1 atom stereocenters. The van der Waals surface area contributed by atoms with Gasteiger partial charge < -0.3 is 10.7 Å². The fraction of sp³-hybridized carbons (Fsp3) is 0.333. The maximum Gasteiger partial charge on any atom is 0.226 e. The summed E-state index contributed by atoms with van der Waals surface area (Å²) in [5.74, 6) is -1.55. The van der Waals surface area contributed by atoms with Crippen LogP contribution in [0.25, 0.3) is 10.9 Å². The molecule has 6 nitrogen and oxygen atoms in total. The van der Waals surface area contributed by atoms with Crippen molar-refractivity contribution in [1.29, 1.82) is 10.7 Å². The molecule has 3 aromatic rings. The first-order chi connectivity index (χ1) is 15.4. The van der Waals surface area contributed by atoms with Crippen LogP contribution < -0.4 is 5.32 Å². The number of nitriles is 1. The second-order valence-electron chi connectivity index (χ2n) is 9.16. The minimum atomic E-state index is -0.708. The Morgan fingerprint density at radius 1 is 1.28 bits per heavy atom. The molecule has 3 saturated carbocycles. The van der Waals surface area contributed by atoms with Crippen LogP contribution in [0, 0.1) is 39.2 Å². The molecule has 1 amide bonds. The molecule has 3 aliphatic carbocycles. The zero-order valence-corrected chi connectivity index (χ0v) is 17.2. The lowest BCUT2D eigenvalue weighted by Gasteiger charge is -2.69. The van der Waals surface area contributed by atoms with Crippen molar-refractivity contribution in [2.24, 2.45) is 10.8 Å². The standard InChI is InChI=1S/C24H21F2N5O/c25-17-6-16(7-18(26)8-17)20(4-5-27)29-22(32)24-11-23(12-24,13-24)14-31-10-19-15(9-28)2-1-3-21(19)30-31/h1-3,5-8,10,20,27H,4,11-14H2,(H,29,32). The van der Waals surface area contributed by atoms with E-state index in [2.05, 4.69) is 16.5 Å². The van der Waals surface area contributed by atoms with E-state index in [0.29, 0.717) is 17.7 Å². The first-order valence-corrected chi connectivity index (χ1v) is 10.5. The van der Waals surface area contributed by atoms with Gasteiger partial charge >= 0.3 is 0 Å². The second-order valence-corrected chi connectivity index (χ2v) is 9.16. The van der Waals surface area contributed by atoms with Crippen molar-refractivity contribution in [2.75, 3.05) is 0 Å². The minimum absolute atomic E-state index is 0.00813. The fourth-order valence-corrected chi connectivity index (χ4v) is 5.50. The molecule has 0 radical (unpaired) electrons. The molecule has 2 N–H and O–H groups in total. The molecule has 3 aliphatic rings. The first kappa shape index (κ1) is 20.3. The van der Waals surface area contributed by atoms with Gasteiger partial charge in [0.2, 0.25) is 5.91 Å². The Balaban J connectivity index is 1.26. The maximum absolute atomic E-state index is 13.6. The van der Waals surface area contributed by atoms with Crippen LogP contribution in [0.1, 0.15) is 42.9 Å². The Morgan fingerprint density at radius 3 is 2.66 bits per heavy atom. The smallest absolute Gasteiger partial charge is 0.226 e. The topological polar surface area (TPSA) is 94.6 Å². The monoisotopic (exact) mass is 433 g/mol. The largest absolute Gasteiger partial charge is 0.348 e. The van der Waals surface area contributed by atoms with E-state index >= 15 is 0 Å². The van der Waals surface area contributed by atoms with Crippen molar-refractivity contribution in [2.45, 2.75) is 38.3 Å². The molecule has 6 rings (SSSR count). The van der Waals surface area contributed by atoms with Gasteiger partial charge in [0.25, 0.3) is 0 Å². The number of aromatic nitrogens is 2. The van der Waals surface area contributed by atoms with Gasteiger partial charge in [-0.15, -0.1) is 0 Å². The van der Waals surface area contributed by atoms with Gasteiger partial charge in [0.05, 0.1) is 28.6 Å². The predicted octanol–water partition coefficient (Wildman–Crippen LogP) is 4.25. The number of carbonyl (C=O) groups is 1. The zero-order chi connectivity index (χ0) is 22.5. The van der Waals surface area contributed by atoms with Crippen LogP contribution >= 0.6 is 0 Å². The number of hydrogen-bond acceptors (Lipinski definition) is 4. The van der Waals surface area contributed by atoms with Gasteiger partial charge in [0.1, 0.15) is 11.6 Å². The van der Waals surface area contributed by atoms with E-state index < -0.39 is 23.1 Å². The van der Waals surface area contributed by atoms with Gasteiger partial charge in [0, 0.05) is 30.6 Å². The molecule has 2 aromatic carbocycles. The quantitative estimate of drug-likeness (QED) is 0.545. The Labute approximate surface area is 183 Å². The molecular formula is C24H21F2N5O. The highest BCUT2D eigenvalue weighted by Gasteiger charge is 2.71. The third-order valence-corrected chi connectivity index (χ3v) is 6.78. The van der Waals surface area contributed by atoms with Gasteiger partial charge in [0.15, 0.2) is 0 Å². The lowest BCUT2D eigenvalue weighted by atomic mass is 9.35. The molecular weight excluding hydrogens is 412 g/mol. The number of carbonyl (C=O) groups excluding carboxylic acids is 1. The molecule has 32 heavy (non-hydrogen) atoms. The van der Waals surface area contributed by atoms with Crippen molar-refractivity contribution >= 4 is 23.0 Å². The lowest BCUT2D eigenvalue weighted by Crippen LogP contribution is -2.69. The Kier molecular flexibility index (Phi) is 4.59. The molecule has 162 valence electrons. The zero-order valence-electron chi connectivity index (χ0n) is 17.2. The number of hydrogen-bond donors (Lipinski definition) is 2. The third-order valence-electron chi connectivity index (χ3n) is 6.78. The fourth-order valence-electron chi connectivity index (χ4n) is 5.50. The van der Waals surface area contributed by atoms with Crippen LogP contribution in [0.4, 0.5) is 8.78 Å². The number of fused-ring (bicyclic) bond motifs is 1. The molecule has 1 heterocycles. The van der Waals surface area contributed by atoms with Crippen molar-refractivity contribution in [3.8, 4) is 6.07 Å². The van der Waals surface area contributed by atoms with E-state index in [0.717, 1.165) is 42.4 Å². The summed E-state index contributed by atoms with van der Waals surface area (Å²) in [5.41, 5.74) is 1.23. The van der Waals surface area contributed by atoms with E-state index in [1.54, 1.807) is 6.07 Å². The van der Waals surface area contributed by atoms with Crippen LogP contribution in [0.2, 0.25) is 0 Å². The van der Waals surface area contributed by atoms with Crippen molar-refractivity contribution in [1.82, 2.24) is 15.1 Å². The summed E-state index contributed by atoms with van der Waals surface area (Å²) >= 11 is 0. The van der Waals surface area contributed by atoms with Gasteiger partial charge in [-0.05, 0) is 60.7 Å². The highest BCUT2D eigenvalue weighted by molar-refractivity contribution is 5.87. The summed E-state index contributed by atoms with van der Waals surface area (Å²) in [6.45, 7) is 0.681. The van der Waals surface area contributed by atoms with Crippen LogP contribution in [-0.4, -0.2) is 21.9 Å². The Morgan fingerprint density at radius 2 is 2.00 bits per heavy atom. The third kappa shape index (κ3) is 3.25.